The molecule has 1 N–H and O–H groups in total. The molecular formula is C20H21FN4. The molecule has 3 aromatic rings. The van der Waals surface area contributed by atoms with Gasteiger partial charge in [0.2, 0.25) is 0 Å². The van der Waals surface area contributed by atoms with E-state index in [0.29, 0.717) is 5.92 Å². The summed E-state index contributed by atoms with van der Waals surface area (Å²) < 4.78 is 13.2. The quantitative estimate of drug-likeness (QED) is 0.783. The van der Waals surface area contributed by atoms with Gasteiger partial charge in [-0.2, -0.15) is 5.10 Å². The van der Waals surface area contributed by atoms with E-state index in [-0.39, 0.29) is 5.82 Å². The number of H-pyrrole nitrogens is 1. The number of hydrogen-bond donors (Lipinski definition) is 1. The first kappa shape index (κ1) is 16.0. The van der Waals surface area contributed by atoms with Crippen LogP contribution in [0.5, 0.6) is 0 Å². The van der Waals surface area contributed by atoms with E-state index in [1.165, 1.54) is 17.7 Å². The van der Waals surface area contributed by atoms with E-state index in [0.717, 1.165) is 49.3 Å². The zero-order chi connectivity index (χ0) is 17.1. The maximum atomic E-state index is 13.2. The van der Waals surface area contributed by atoms with Crippen LogP contribution in [-0.4, -0.2) is 33.2 Å². The molecular weight excluding hydrogens is 315 g/mol. The first-order valence-corrected chi connectivity index (χ1v) is 8.70. The van der Waals surface area contributed by atoms with Crippen LogP contribution in [-0.2, 0) is 6.54 Å². The van der Waals surface area contributed by atoms with Gasteiger partial charge in [0.05, 0.1) is 6.20 Å². The minimum Gasteiger partial charge on any atom is -0.298 e. The Hall–Kier alpha value is -2.53. The van der Waals surface area contributed by atoms with Crippen molar-refractivity contribution in [1.82, 2.24) is 20.1 Å². The van der Waals surface area contributed by atoms with Gasteiger partial charge in [0.15, 0.2) is 0 Å². The van der Waals surface area contributed by atoms with Gasteiger partial charge in [-0.25, -0.2) is 4.39 Å². The molecule has 128 valence electrons. The molecule has 0 aliphatic carbocycles. The van der Waals surface area contributed by atoms with Crippen molar-refractivity contribution in [2.45, 2.75) is 25.3 Å². The average Bonchev–Trinajstić information content (AvgIpc) is 3.13. The van der Waals surface area contributed by atoms with Crippen molar-refractivity contribution < 1.29 is 4.39 Å². The second-order valence-electron chi connectivity index (χ2n) is 6.63. The van der Waals surface area contributed by atoms with Crippen LogP contribution in [0.4, 0.5) is 4.39 Å². The molecule has 4 nitrogen and oxygen atoms in total. The summed E-state index contributed by atoms with van der Waals surface area (Å²) in [5.74, 6) is 0.202. The predicted octanol–water partition coefficient (Wildman–Crippen LogP) is 3.99. The van der Waals surface area contributed by atoms with Crippen molar-refractivity contribution in [3.05, 3.63) is 72.1 Å². The van der Waals surface area contributed by atoms with Crippen LogP contribution < -0.4 is 0 Å². The molecule has 3 heterocycles. The number of nitrogens with one attached hydrogen (secondary N) is 1. The van der Waals surface area contributed by atoms with Gasteiger partial charge in [0.1, 0.15) is 5.82 Å². The zero-order valence-electron chi connectivity index (χ0n) is 14.0. The van der Waals surface area contributed by atoms with Crippen LogP contribution in [0.15, 0.2) is 55.0 Å². The Morgan fingerprint density at radius 2 is 1.92 bits per heavy atom. The summed E-state index contributed by atoms with van der Waals surface area (Å²) in [6.45, 7) is 3.05. The third kappa shape index (κ3) is 3.61. The van der Waals surface area contributed by atoms with Gasteiger partial charge in [0, 0.05) is 42.7 Å². The Morgan fingerprint density at radius 3 is 2.72 bits per heavy atom. The molecule has 0 saturated carbocycles. The van der Waals surface area contributed by atoms with Crippen LogP contribution in [0.1, 0.15) is 30.0 Å². The minimum atomic E-state index is -0.213. The van der Waals surface area contributed by atoms with E-state index in [2.05, 4.69) is 32.2 Å². The molecule has 1 saturated heterocycles. The van der Waals surface area contributed by atoms with E-state index in [9.17, 15) is 4.39 Å². The van der Waals surface area contributed by atoms with Gasteiger partial charge >= 0.3 is 0 Å². The SMILES string of the molecule is Fc1ccc(-c2cn[nH]c2[C@@H]2CCCN(Cc3ccncc3)C2)cc1. The van der Waals surface area contributed by atoms with Crippen LogP contribution in [0.3, 0.4) is 0 Å². The molecule has 25 heavy (non-hydrogen) atoms. The minimum absolute atomic E-state index is 0.213. The Labute approximate surface area is 146 Å². The van der Waals surface area contributed by atoms with Crippen molar-refractivity contribution in [1.29, 1.82) is 0 Å². The third-order valence-electron chi connectivity index (χ3n) is 4.89. The van der Waals surface area contributed by atoms with Crippen molar-refractivity contribution >= 4 is 0 Å². The molecule has 0 spiro atoms. The Balaban J connectivity index is 1.52. The summed E-state index contributed by atoms with van der Waals surface area (Å²) in [4.78, 5) is 6.57. The standard InChI is InChI=1S/C20H21FN4/c21-18-5-3-16(4-6-18)19-12-23-24-20(19)17-2-1-11-25(14-17)13-15-7-9-22-10-8-15/h3-10,12,17H,1-2,11,13-14H2,(H,23,24)/t17-/m1/s1. The number of aromatic nitrogens is 3. The Morgan fingerprint density at radius 1 is 1.12 bits per heavy atom. The maximum absolute atomic E-state index is 13.2. The van der Waals surface area contributed by atoms with Crippen molar-refractivity contribution in [2.75, 3.05) is 13.1 Å². The van der Waals surface area contributed by atoms with Crippen molar-refractivity contribution in [3.63, 3.8) is 0 Å². The summed E-state index contributed by atoms with van der Waals surface area (Å²) in [5.41, 5.74) is 4.54. The highest BCUT2D eigenvalue weighted by atomic mass is 19.1. The number of aromatic amines is 1. The smallest absolute Gasteiger partial charge is 0.123 e. The van der Waals surface area contributed by atoms with Crippen LogP contribution in [0.25, 0.3) is 11.1 Å². The first-order chi connectivity index (χ1) is 12.3. The summed E-state index contributed by atoms with van der Waals surface area (Å²) in [5, 5.41) is 7.45. The molecule has 0 amide bonds. The lowest BCUT2D eigenvalue weighted by Gasteiger charge is -2.32. The van der Waals surface area contributed by atoms with Gasteiger partial charge in [0.25, 0.3) is 0 Å². The molecule has 1 fully saturated rings. The van der Waals surface area contributed by atoms with Crippen LogP contribution in [0, 0.1) is 5.82 Å². The van der Waals surface area contributed by atoms with Gasteiger partial charge in [-0.3, -0.25) is 15.0 Å². The van der Waals surface area contributed by atoms with E-state index in [1.807, 2.05) is 30.7 Å². The molecule has 1 atom stereocenters. The largest absolute Gasteiger partial charge is 0.298 e. The second kappa shape index (κ2) is 7.15. The number of likely N-dealkylation sites (tertiary alicyclic amines) is 1. The van der Waals surface area contributed by atoms with E-state index < -0.39 is 0 Å². The molecule has 1 aliphatic rings. The fraction of sp³-hybridized carbons (Fsp3) is 0.300. The highest BCUT2D eigenvalue weighted by molar-refractivity contribution is 5.65. The number of hydrogen-bond acceptors (Lipinski definition) is 3. The number of halogens is 1. The second-order valence-corrected chi connectivity index (χ2v) is 6.63. The van der Waals surface area contributed by atoms with Crippen molar-refractivity contribution in [3.8, 4) is 11.1 Å². The summed E-state index contributed by atoms with van der Waals surface area (Å²) in [6, 6.07) is 10.8. The number of nitrogens with zero attached hydrogens (tertiary/aromatic N) is 3. The zero-order valence-corrected chi connectivity index (χ0v) is 14.0. The molecule has 5 heteroatoms. The molecule has 1 aromatic carbocycles. The lowest BCUT2D eigenvalue weighted by Crippen LogP contribution is -2.34. The molecule has 0 radical (unpaired) electrons. The number of rotatable bonds is 4. The molecule has 0 unspecified atom stereocenters. The summed E-state index contributed by atoms with van der Waals surface area (Å²) in [6.07, 6.45) is 7.85. The molecule has 4 rings (SSSR count). The highest BCUT2D eigenvalue weighted by Gasteiger charge is 2.25. The Bertz CT molecular complexity index is 813. The average molecular weight is 336 g/mol. The maximum Gasteiger partial charge on any atom is 0.123 e. The predicted molar refractivity (Wildman–Crippen MR) is 95.5 cm³/mol. The monoisotopic (exact) mass is 336 g/mol. The van der Waals surface area contributed by atoms with Gasteiger partial charge in [-0.1, -0.05) is 12.1 Å². The van der Waals surface area contributed by atoms with Gasteiger partial charge in [-0.05, 0) is 54.8 Å². The lowest BCUT2D eigenvalue weighted by molar-refractivity contribution is 0.198. The molecule has 2 aromatic heterocycles. The lowest BCUT2D eigenvalue weighted by atomic mass is 9.90. The molecule has 0 bridgehead atoms. The van der Waals surface area contributed by atoms with E-state index >= 15 is 0 Å². The van der Waals surface area contributed by atoms with Gasteiger partial charge in [-0.15, -0.1) is 0 Å². The summed E-state index contributed by atoms with van der Waals surface area (Å²) in [7, 11) is 0. The van der Waals surface area contributed by atoms with Crippen molar-refractivity contribution in [2.24, 2.45) is 0 Å². The fourth-order valence-corrected chi connectivity index (χ4v) is 3.65. The van der Waals surface area contributed by atoms with Crippen LogP contribution >= 0.6 is 0 Å². The first-order valence-electron chi connectivity index (χ1n) is 8.70. The Kier molecular flexibility index (Phi) is 4.57. The third-order valence-corrected chi connectivity index (χ3v) is 4.89. The number of benzene rings is 1. The fourth-order valence-electron chi connectivity index (χ4n) is 3.65. The normalized spacial score (nSPS) is 18.4. The van der Waals surface area contributed by atoms with Gasteiger partial charge < -0.3 is 0 Å². The van der Waals surface area contributed by atoms with E-state index in [1.54, 1.807) is 0 Å². The summed E-state index contributed by atoms with van der Waals surface area (Å²) >= 11 is 0. The van der Waals surface area contributed by atoms with Crippen LogP contribution in [0.2, 0.25) is 0 Å². The highest BCUT2D eigenvalue weighted by Crippen LogP contribution is 2.33. The topological polar surface area (TPSA) is 44.8 Å². The number of pyridine rings is 1. The number of piperidine rings is 1. The molecule has 1 aliphatic heterocycles. The van der Waals surface area contributed by atoms with E-state index in [4.69, 9.17) is 0 Å².